The topological polar surface area (TPSA) is 35.6 Å². The molecule has 0 aromatic rings. The summed E-state index contributed by atoms with van der Waals surface area (Å²) in [5.41, 5.74) is 1.57. The monoisotopic (exact) mass is 263 g/mol. The van der Waals surface area contributed by atoms with E-state index in [1.165, 1.54) is 19.4 Å². The predicted molar refractivity (Wildman–Crippen MR) is 76.0 cm³/mol. The summed E-state index contributed by atoms with van der Waals surface area (Å²) in [6.07, 6.45) is 4.99. The second-order valence-electron chi connectivity index (χ2n) is 6.40. The van der Waals surface area contributed by atoms with Crippen LogP contribution in [0.1, 0.15) is 26.7 Å². The van der Waals surface area contributed by atoms with E-state index in [1.54, 1.807) is 5.57 Å². The van der Waals surface area contributed by atoms with Gasteiger partial charge in [0.1, 0.15) is 0 Å². The van der Waals surface area contributed by atoms with Gasteiger partial charge in [0.15, 0.2) is 0 Å². The van der Waals surface area contributed by atoms with Crippen molar-refractivity contribution in [3.63, 3.8) is 0 Å². The number of fused-ring (bicyclic) bond motifs is 1. The van der Waals surface area contributed by atoms with Crippen molar-refractivity contribution in [3.8, 4) is 0 Å². The lowest BCUT2D eigenvalue weighted by Gasteiger charge is -2.40. The van der Waals surface area contributed by atoms with Crippen LogP contribution in [0.15, 0.2) is 11.6 Å². The van der Waals surface area contributed by atoms with Gasteiger partial charge in [0.2, 0.25) is 0 Å². The van der Waals surface area contributed by atoms with Gasteiger partial charge in [-0.1, -0.05) is 18.6 Å². The summed E-state index contributed by atoms with van der Waals surface area (Å²) in [6, 6.07) is 0.524. The molecule has 3 rings (SSSR count). The Morgan fingerprint density at radius 3 is 3.05 bits per heavy atom. The lowest BCUT2D eigenvalue weighted by atomic mass is 9.79. The van der Waals surface area contributed by atoms with Crippen molar-refractivity contribution < 1.29 is 4.79 Å². The van der Waals surface area contributed by atoms with Gasteiger partial charge in [-0.15, -0.1) is 0 Å². The van der Waals surface area contributed by atoms with Gasteiger partial charge in [-0.3, -0.25) is 4.90 Å². The van der Waals surface area contributed by atoms with Gasteiger partial charge >= 0.3 is 6.03 Å². The maximum Gasteiger partial charge on any atom is 0.317 e. The van der Waals surface area contributed by atoms with Crippen LogP contribution in [0.2, 0.25) is 0 Å². The molecule has 0 bridgehead atoms. The van der Waals surface area contributed by atoms with Crippen molar-refractivity contribution in [1.82, 2.24) is 15.1 Å². The molecule has 3 aliphatic rings. The zero-order chi connectivity index (χ0) is 13.4. The molecule has 4 nitrogen and oxygen atoms in total. The van der Waals surface area contributed by atoms with Crippen LogP contribution in [-0.2, 0) is 0 Å². The molecule has 1 aliphatic carbocycles. The number of nitrogens with zero attached hydrogens (tertiary/aromatic N) is 2. The molecule has 2 saturated heterocycles. The molecule has 4 heteroatoms. The Bertz CT molecular complexity index is 393. The van der Waals surface area contributed by atoms with Crippen LogP contribution in [0.5, 0.6) is 0 Å². The van der Waals surface area contributed by atoms with Gasteiger partial charge in [0.05, 0.1) is 6.04 Å². The fourth-order valence-electron chi connectivity index (χ4n) is 3.81. The SMILES string of the molecule is CC1=CCC[C@H](C)[C@@H]1CN1CCN2C(=O)NC[C@H]2C1. The predicted octanol–water partition coefficient (Wildman–Crippen LogP) is 1.69. The highest BCUT2D eigenvalue weighted by molar-refractivity contribution is 5.77. The first-order valence-electron chi connectivity index (χ1n) is 7.58. The number of carbonyl (C=O) groups excluding carboxylic acids is 1. The molecular formula is C15H25N3O. The molecule has 0 saturated carbocycles. The number of carbonyl (C=O) groups is 1. The normalized spacial score (nSPS) is 35.9. The molecule has 19 heavy (non-hydrogen) atoms. The van der Waals surface area contributed by atoms with E-state index in [9.17, 15) is 4.79 Å². The number of nitrogens with one attached hydrogen (secondary N) is 1. The second kappa shape index (κ2) is 5.16. The van der Waals surface area contributed by atoms with Crippen molar-refractivity contribution in [2.45, 2.75) is 32.7 Å². The number of rotatable bonds is 2. The number of hydrogen-bond acceptors (Lipinski definition) is 2. The lowest BCUT2D eigenvalue weighted by Crippen LogP contribution is -2.53. The van der Waals surface area contributed by atoms with Crippen LogP contribution in [0.25, 0.3) is 0 Å². The molecule has 2 aliphatic heterocycles. The Labute approximate surface area is 115 Å². The number of amides is 2. The Hall–Kier alpha value is -1.03. The maximum absolute atomic E-state index is 11.6. The van der Waals surface area contributed by atoms with Gasteiger partial charge in [0, 0.05) is 32.7 Å². The molecule has 3 atom stereocenters. The molecule has 2 fully saturated rings. The molecule has 0 aromatic heterocycles. The first kappa shape index (κ1) is 13.0. The van der Waals surface area contributed by atoms with Crippen molar-refractivity contribution in [3.05, 3.63) is 11.6 Å². The highest BCUT2D eigenvalue weighted by Crippen LogP contribution is 2.31. The van der Waals surface area contributed by atoms with E-state index in [0.717, 1.165) is 32.1 Å². The zero-order valence-corrected chi connectivity index (χ0v) is 12.1. The summed E-state index contributed by atoms with van der Waals surface area (Å²) in [7, 11) is 0. The van der Waals surface area contributed by atoms with Crippen molar-refractivity contribution >= 4 is 6.03 Å². The highest BCUT2D eigenvalue weighted by Gasteiger charge is 2.36. The first-order chi connectivity index (χ1) is 9.15. The molecule has 2 amide bonds. The third kappa shape index (κ3) is 2.50. The summed E-state index contributed by atoms with van der Waals surface area (Å²) >= 11 is 0. The average molecular weight is 263 g/mol. The number of allylic oxidation sites excluding steroid dienone is 1. The first-order valence-corrected chi connectivity index (χ1v) is 7.58. The molecule has 0 aromatic carbocycles. The maximum atomic E-state index is 11.6. The Balaban J connectivity index is 1.60. The van der Waals surface area contributed by atoms with Crippen molar-refractivity contribution in [1.29, 1.82) is 0 Å². The standard InChI is InChI=1S/C15H25N3O/c1-11-4-3-5-12(2)14(11)10-17-6-7-18-13(9-17)8-16-15(18)19/h4,12-14H,3,5-10H2,1-2H3,(H,16,19)/t12-,13-,14+/m0/s1. The third-order valence-electron chi connectivity index (χ3n) is 5.13. The van der Waals surface area contributed by atoms with E-state index in [0.29, 0.717) is 12.0 Å². The lowest BCUT2D eigenvalue weighted by molar-refractivity contribution is 0.103. The molecule has 0 spiro atoms. The van der Waals surface area contributed by atoms with Gasteiger partial charge in [0.25, 0.3) is 0 Å². The van der Waals surface area contributed by atoms with Gasteiger partial charge in [-0.05, 0) is 31.6 Å². The summed E-state index contributed by atoms with van der Waals surface area (Å²) in [6.45, 7) is 9.62. The molecular weight excluding hydrogens is 238 g/mol. The van der Waals surface area contributed by atoms with Gasteiger partial charge in [-0.2, -0.15) is 0 Å². The Kier molecular flexibility index (Phi) is 3.52. The minimum Gasteiger partial charge on any atom is -0.336 e. The summed E-state index contributed by atoms with van der Waals surface area (Å²) < 4.78 is 0. The van der Waals surface area contributed by atoms with E-state index in [4.69, 9.17) is 0 Å². The summed E-state index contributed by atoms with van der Waals surface area (Å²) in [5.74, 6) is 1.51. The van der Waals surface area contributed by atoms with Gasteiger partial charge in [-0.25, -0.2) is 4.79 Å². The minimum absolute atomic E-state index is 0.131. The van der Waals surface area contributed by atoms with E-state index in [1.807, 2.05) is 4.90 Å². The quantitative estimate of drug-likeness (QED) is 0.770. The zero-order valence-electron chi connectivity index (χ0n) is 12.1. The Morgan fingerprint density at radius 1 is 1.42 bits per heavy atom. The number of urea groups is 1. The highest BCUT2D eigenvalue weighted by atomic mass is 16.2. The molecule has 2 heterocycles. The second-order valence-corrected chi connectivity index (χ2v) is 6.40. The van der Waals surface area contributed by atoms with Crippen LogP contribution in [0.4, 0.5) is 4.79 Å². The molecule has 1 N–H and O–H groups in total. The summed E-state index contributed by atoms with van der Waals surface area (Å²) in [4.78, 5) is 16.2. The van der Waals surface area contributed by atoms with E-state index in [-0.39, 0.29) is 6.03 Å². The van der Waals surface area contributed by atoms with Crippen LogP contribution in [-0.4, -0.2) is 54.6 Å². The fraction of sp³-hybridized carbons (Fsp3) is 0.800. The third-order valence-corrected chi connectivity index (χ3v) is 5.13. The van der Waals surface area contributed by atoms with Gasteiger partial charge < -0.3 is 10.2 Å². The largest absolute Gasteiger partial charge is 0.336 e. The molecule has 0 unspecified atom stereocenters. The van der Waals surface area contributed by atoms with Crippen LogP contribution in [0.3, 0.4) is 0 Å². The fourth-order valence-corrected chi connectivity index (χ4v) is 3.81. The van der Waals surface area contributed by atoms with Crippen LogP contribution in [0, 0.1) is 11.8 Å². The summed E-state index contributed by atoms with van der Waals surface area (Å²) in [5, 5.41) is 2.95. The van der Waals surface area contributed by atoms with E-state index in [2.05, 4.69) is 30.1 Å². The molecule has 0 radical (unpaired) electrons. The van der Waals surface area contributed by atoms with E-state index < -0.39 is 0 Å². The number of piperazine rings is 1. The van der Waals surface area contributed by atoms with Crippen LogP contribution >= 0.6 is 0 Å². The Morgan fingerprint density at radius 2 is 2.26 bits per heavy atom. The smallest absolute Gasteiger partial charge is 0.317 e. The van der Waals surface area contributed by atoms with E-state index >= 15 is 0 Å². The number of hydrogen-bond donors (Lipinski definition) is 1. The van der Waals surface area contributed by atoms with Crippen molar-refractivity contribution in [2.75, 3.05) is 32.7 Å². The van der Waals surface area contributed by atoms with Crippen LogP contribution < -0.4 is 5.32 Å². The average Bonchev–Trinajstić information content (AvgIpc) is 2.76. The molecule has 106 valence electrons. The van der Waals surface area contributed by atoms with Crippen molar-refractivity contribution in [2.24, 2.45) is 11.8 Å². The minimum atomic E-state index is 0.131.